The lowest BCUT2D eigenvalue weighted by atomic mass is 10.1. The van der Waals surface area contributed by atoms with E-state index in [0.29, 0.717) is 11.3 Å². The Bertz CT molecular complexity index is 386. The highest BCUT2D eigenvalue weighted by molar-refractivity contribution is 6.04. The van der Waals surface area contributed by atoms with Crippen molar-refractivity contribution in [3.05, 3.63) is 29.3 Å². The van der Waals surface area contributed by atoms with Gasteiger partial charge in [0, 0.05) is 5.56 Å². The maximum absolute atomic E-state index is 10.7. The second-order valence-corrected chi connectivity index (χ2v) is 2.90. The summed E-state index contributed by atoms with van der Waals surface area (Å²) in [5.74, 6) is -0.0909. The summed E-state index contributed by atoms with van der Waals surface area (Å²) in [4.78, 5) is 10.7. The molecule has 0 fully saturated rings. The highest BCUT2D eigenvalue weighted by atomic mass is 16.2. The molecule has 0 atom stereocenters. The van der Waals surface area contributed by atoms with E-state index in [0.717, 1.165) is 5.56 Å². The van der Waals surface area contributed by atoms with Crippen LogP contribution in [0, 0.1) is 12.3 Å². The maximum atomic E-state index is 10.7. The molecule has 1 aromatic carbocycles. The van der Waals surface area contributed by atoms with Crippen molar-refractivity contribution >= 4 is 17.6 Å². The topological polar surface area (TPSA) is 105 Å². The molecule has 0 spiro atoms. The first-order chi connectivity index (χ1) is 6.52. The Labute approximate surface area is 81.6 Å². The van der Waals surface area contributed by atoms with Crippen LogP contribution < -0.4 is 16.8 Å². The van der Waals surface area contributed by atoms with Gasteiger partial charge in [0.1, 0.15) is 5.84 Å². The number of nitrogen functional groups attached to an aromatic ring is 1. The van der Waals surface area contributed by atoms with Gasteiger partial charge in [0.15, 0.2) is 0 Å². The number of carbonyl (C=O) groups is 1. The van der Waals surface area contributed by atoms with Gasteiger partial charge in [0.25, 0.3) is 0 Å². The van der Waals surface area contributed by atoms with Gasteiger partial charge in [-0.25, -0.2) is 4.79 Å². The summed E-state index contributed by atoms with van der Waals surface area (Å²) in [7, 11) is 0. The largest absolute Gasteiger partial charge is 0.384 e. The molecule has 0 aliphatic heterocycles. The number of nitrogens with one attached hydrogen (secondary N) is 2. The van der Waals surface area contributed by atoms with Crippen molar-refractivity contribution < 1.29 is 4.79 Å². The third-order valence-corrected chi connectivity index (χ3v) is 1.80. The van der Waals surface area contributed by atoms with E-state index >= 15 is 0 Å². The van der Waals surface area contributed by atoms with Crippen molar-refractivity contribution in [2.45, 2.75) is 6.92 Å². The number of hydrogen-bond acceptors (Lipinski definition) is 2. The second kappa shape index (κ2) is 3.78. The fraction of sp³-hybridized carbons (Fsp3) is 0.111. The molecule has 0 aliphatic carbocycles. The Kier molecular flexibility index (Phi) is 2.71. The van der Waals surface area contributed by atoms with Gasteiger partial charge >= 0.3 is 6.03 Å². The van der Waals surface area contributed by atoms with Crippen LogP contribution in [-0.4, -0.2) is 11.9 Å². The lowest BCUT2D eigenvalue weighted by Crippen LogP contribution is -2.23. The number of hydrogen-bond donors (Lipinski definition) is 4. The van der Waals surface area contributed by atoms with Crippen LogP contribution in [0.25, 0.3) is 0 Å². The molecule has 0 saturated carbocycles. The molecule has 0 unspecified atom stereocenters. The minimum Gasteiger partial charge on any atom is -0.384 e. The lowest BCUT2D eigenvalue weighted by Gasteiger charge is -2.10. The molecule has 14 heavy (non-hydrogen) atoms. The molecule has 0 heterocycles. The summed E-state index contributed by atoms with van der Waals surface area (Å²) >= 11 is 0. The highest BCUT2D eigenvalue weighted by Crippen LogP contribution is 2.18. The number of amides is 2. The first-order valence-corrected chi connectivity index (χ1v) is 4.03. The van der Waals surface area contributed by atoms with Crippen LogP contribution in [0.1, 0.15) is 11.1 Å². The van der Waals surface area contributed by atoms with Crippen LogP contribution in [0.2, 0.25) is 0 Å². The molecule has 1 aromatic rings. The summed E-state index contributed by atoms with van der Waals surface area (Å²) in [6, 6.07) is 4.54. The van der Waals surface area contributed by atoms with E-state index in [-0.39, 0.29) is 5.84 Å². The van der Waals surface area contributed by atoms with E-state index in [9.17, 15) is 4.79 Å². The summed E-state index contributed by atoms with van der Waals surface area (Å²) in [5.41, 5.74) is 12.2. The summed E-state index contributed by atoms with van der Waals surface area (Å²) in [6.45, 7) is 1.81. The van der Waals surface area contributed by atoms with Gasteiger partial charge in [0.05, 0.1) is 5.69 Å². The molecule has 0 bridgehead atoms. The summed E-state index contributed by atoms with van der Waals surface area (Å²) in [5, 5.41) is 9.76. The summed E-state index contributed by atoms with van der Waals surface area (Å²) < 4.78 is 0. The van der Waals surface area contributed by atoms with Crippen molar-refractivity contribution in [1.29, 1.82) is 5.41 Å². The van der Waals surface area contributed by atoms with E-state index in [4.69, 9.17) is 16.9 Å². The van der Waals surface area contributed by atoms with Gasteiger partial charge in [0.2, 0.25) is 0 Å². The first-order valence-electron chi connectivity index (χ1n) is 4.03. The molecular formula is C9H12N4O. The van der Waals surface area contributed by atoms with Gasteiger partial charge in [-0.05, 0) is 18.6 Å². The molecule has 0 aliphatic rings. The number of aryl methyl sites for hydroxylation is 1. The summed E-state index contributed by atoms with van der Waals surface area (Å²) in [6.07, 6.45) is 0. The van der Waals surface area contributed by atoms with Gasteiger partial charge in [-0.1, -0.05) is 12.1 Å². The first kappa shape index (κ1) is 10.0. The van der Waals surface area contributed by atoms with Gasteiger partial charge in [-0.15, -0.1) is 0 Å². The molecule has 0 radical (unpaired) electrons. The van der Waals surface area contributed by atoms with Crippen molar-refractivity contribution in [2.24, 2.45) is 11.5 Å². The zero-order chi connectivity index (χ0) is 10.7. The number of anilines is 1. The molecule has 0 saturated heterocycles. The number of urea groups is 1. The molecule has 6 N–H and O–H groups in total. The lowest BCUT2D eigenvalue weighted by molar-refractivity contribution is 0.259. The Morgan fingerprint density at radius 3 is 2.57 bits per heavy atom. The molecular weight excluding hydrogens is 180 g/mol. The highest BCUT2D eigenvalue weighted by Gasteiger charge is 2.08. The quantitative estimate of drug-likeness (QED) is 0.410. The average molecular weight is 192 g/mol. The Balaban J connectivity index is 3.21. The van der Waals surface area contributed by atoms with Crippen LogP contribution >= 0.6 is 0 Å². The number of carbonyl (C=O) groups excluding carboxylic acids is 1. The second-order valence-electron chi connectivity index (χ2n) is 2.90. The van der Waals surface area contributed by atoms with Crippen LogP contribution in [0.15, 0.2) is 18.2 Å². The van der Waals surface area contributed by atoms with Gasteiger partial charge in [-0.2, -0.15) is 0 Å². The minimum absolute atomic E-state index is 0.0909. The Hall–Kier alpha value is -2.04. The number of benzene rings is 1. The molecule has 5 heteroatoms. The van der Waals surface area contributed by atoms with Crippen molar-refractivity contribution in [2.75, 3.05) is 5.32 Å². The van der Waals surface area contributed by atoms with Crippen LogP contribution in [0.5, 0.6) is 0 Å². The number of amidine groups is 1. The maximum Gasteiger partial charge on any atom is 0.316 e. The van der Waals surface area contributed by atoms with E-state index in [1.165, 1.54) is 0 Å². The van der Waals surface area contributed by atoms with Crippen molar-refractivity contribution in [3.63, 3.8) is 0 Å². The molecule has 1 rings (SSSR count). The zero-order valence-corrected chi connectivity index (χ0v) is 7.79. The van der Waals surface area contributed by atoms with Crippen LogP contribution in [0.3, 0.4) is 0 Å². The Morgan fingerprint density at radius 2 is 2.07 bits per heavy atom. The van der Waals surface area contributed by atoms with Crippen molar-refractivity contribution in [1.82, 2.24) is 0 Å². The standard InChI is InChI=1S/C9H12N4O/c1-5-3-2-4-6(13-9(12)14)7(5)8(10)11/h2-4H,1H3,(H3,10,11)(H3,12,13,14). The van der Waals surface area contributed by atoms with E-state index in [1.807, 2.05) is 13.0 Å². The predicted molar refractivity (Wildman–Crippen MR) is 55.4 cm³/mol. The molecule has 74 valence electrons. The number of primary amides is 1. The third kappa shape index (κ3) is 2.01. The molecule has 2 amide bonds. The normalized spacial score (nSPS) is 9.50. The number of nitrogens with two attached hydrogens (primary N) is 2. The number of rotatable bonds is 2. The monoisotopic (exact) mass is 192 g/mol. The zero-order valence-electron chi connectivity index (χ0n) is 7.79. The fourth-order valence-corrected chi connectivity index (χ4v) is 1.26. The average Bonchev–Trinajstić information content (AvgIpc) is 2.01. The smallest absolute Gasteiger partial charge is 0.316 e. The molecule has 5 nitrogen and oxygen atoms in total. The van der Waals surface area contributed by atoms with Crippen molar-refractivity contribution in [3.8, 4) is 0 Å². The van der Waals surface area contributed by atoms with E-state index in [1.54, 1.807) is 12.1 Å². The predicted octanol–water partition coefficient (Wildman–Crippen LogP) is 0.770. The molecule has 0 aromatic heterocycles. The minimum atomic E-state index is -0.668. The SMILES string of the molecule is Cc1cccc(NC(N)=O)c1C(=N)N. The van der Waals surface area contributed by atoms with E-state index in [2.05, 4.69) is 5.32 Å². The van der Waals surface area contributed by atoms with Gasteiger partial charge < -0.3 is 16.8 Å². The fourth-order valence-electron chi connectivity index (χ4n) is 1.26. The van der Waals surface area contributed by atoms with E-state index < -0.39 is 6.03 Å². The Morgan fingerprint density at radius 1 is 1.43 bits per heavy atom. The van der Waals surface area contributed by atoms with Crippen LogP contribution in [0.4, 0.5) is 10.5 Å². The third-order valence-electron chi connectivity index (χ3n) is 1.80. The van der Waals surface area contributed by atoms with Crippen LogP contribution in [-0.2, 0) is 0 Å². The van der Waals surface area contributed by atoms with Gasteiger partial charge in [-0.3, -0.25) is 5.41 Å².